The highest BCUT2D eigenvalue weighted by Gasteiger charge is 2.37. The third-order valence-corrected chi connectivity index (χ3v) is 7.57. The van der Waals surface area contributed by atoms with Crippen molar-refractivity contribution in [2.75, 3.05) is 42.3 Å². The van der Waals surface area contributed by atoms with E-state index >= 15 is 0 Å². The average Bonchev–Trinajstić information content (AvgIpc) is 2.79. The zero-order valence-corrected chi connectivity index (χ0v) is 17.9. The molecule has 0 aliphatic carbocycles. The van der Waals surface area contributed by atoms with Crippen LogP contribution in [0.2, 0.25) is 0 Å². The van der Waals surface area contributed by atoms with Gasteiger partial charge in [-0.05, 0) is 48.7 Å². The Hall–Kier alpha value is -2.42. The van der Waals surface area contributed by atoms with Gasteiger partial charge in [-0.15, -0.1) is 0 Å². The highest BCUT2D eigenvalue weighted by Crippen LogP contribution is 2.27. The lowest BCUT2D eigenvalue weighted by Crippen LogP contribution is -2.51. The lowest BCUT2D eigenvalue weighted by molar-refractivity contribution is -0.120. The minimum Gasteiger partial charge on any atom is -0.378 e. The van der Waals surface area contributed by atoms with E-state index in [-0.39, 0.29) is 18.2 Å². The van der Waals surface area contributed by atoms with Gasteiger partial charge >= 0.3 is 0 Å². The Balaban J connectivity index is 1.52. The number of rotatable bonds is 5. The van der Waals surface area contributed by atoms with Crippen LogP contribution in [0.5, 0.6) is 0 Å². The van der Waals surface area contributed by atoms with Gasteiger partial charge in [-0.3, -0.25) is 4.79 Å². The maximum absolute atomic E-state index is 13.1. The molecule has 1 atom stereocenters. The first kappa shape index (κ1) is 20.8. The molecule has 0 unspecified atom stereocenters. The molecule has 1 fully saturated rings. The van der Waals surface area contributed by atoms with E-state index < -0.39 is 16.1 Å². The summed E-state index contributed by atoms with van der Waals surface area (Å²) < 4.78 is 32.1. The molecular weight excluding hydrogens is 402 g/mol. The van der Waals surface area contributed by atoms with E-state index in [1.54, 1.807) is 6.92 Å². The van der Waals surface area contributed by atoms with E-state index in [9.17, 15) is 13.2 Å². The van der Waals surface area contributed by atoms with Crippen molar-refractivity contribution >= 4 is 27.3 Å². The summed E-state index contributed by atoms with van der Waals surface area (Å²) in [6.45, 7) is 4.94. The molecule has 4 rings (SSSR count). The van der Waals surface area contributed by atoms with E-state index in [4.69, 9.17) is 4.74 Å². The number of hydrogen-bond donors (Lipinski definition) is 1. The molecule has 0 aromatic heterocycles. The van der Waals surface area contributed by atoms with Crippen molar-refractivity contribution in [2.24, 2.45) is 0 Å². The number of nitrogens with zero attached hydrogens (tertiary/aromatic N) is 2. The van der Waals surface area contributed by atoms with E-state index in [1.807, 2.05) is 48.5 Å². The van der Waals surface area contributed by atoms with Gasteiger partial charge in [0.15, 0.2) is 0 Å². The highest BCUT2D eigenvalue weighted by molar-refractivity contribution is 7.89. The molecule has 2 heterocycles. The molecule has 160 valence electrons. The van der Waals surface area contributed by atoms with Crippen molar-refractivity contribution in [1.82, 2.24) is 4.31 Å². The minimum absolute atomic E-state index is 0.0345. The number of amides is 1. The number of carbonyl (C=O) groups excluding carboxylic acids is 1. The molecule has 1 saturated heterocycles. The monoisotopic (exact) mass is 429 g/mol. The molecule has 2 aliphatic heterocycles. The summed E-state index contributed by atoms with van der Waals surface area (Å²) in [5, 5.41) is 2.91. The summed E-state index contributed by atoms with van der Waals surface area (Å²) in [4.78, 5) is 15.3. The third-order valence-electron chi connectivity index (χ3n) is 5.74. The van der Waals surface area contributed by atoms with Gasteiger partial charge in [0, 0.05) is 31.0 Å². The van der Waals surface area contributed by atoms with Gasteiger partial charge in [0.05, 0.1) is 19.0 Å². The summed E-state index contributed by atoms with van der Waals surface area (Å²) in [6, 6.07) is 14.6. The van der Waals surface area contributed by atoms with Crippen LogP contribution < -0.4 is 10.2 Å². The van der Waals surface area contributed by atoms with Crippen molar-refractivity contribution in [1.29, 1.82) is 0 Å². The van der Waals surface area contributed by atoms with Crippen LogP contribution in [0.15, 0.2) is 48.5 Å². The SMILES string of the molecule is CCS(=O)(=O)N1Cc2ccccc2C[C@@H]1C(=O)Nc1ccc(N2CCOCC2)cc1. The second kappa shape index (κ2) is 8.75. The van der Waals surface area contributed by atoms with Crippen molar-refractivity contribution < 1.29 is 17.9 Å². The number of morpholine rings is 1. The Morgan fingerprint density at radius 1 is 1.07 bits per heavy atom. The summed E-state index contributed by atoms with van der Waals surface area (Å²) in [7, 11) is -3.52. The first-order chi connectivity index (χ1) is 14.5. The number of hydrogen-bond acceptors (Lipinski definition) is 5. The topological polar surface area (TPSA) is 79.0 Å². The number of anilines is 2. The molecule has 2 aromatic carbocycles. The average molecular weight is 430 g/mol. The van der Waals surface area contributed by atoms with E-state index in [1.165, 1.54) is 4.31 Å². The molecule has 0 spiro atoms. The van der Waals surface area contributed by atoms with Gasteiger partial charge in [0.2, 0.25) is 15.9 Å². The minimum atomic E-state index is -3.52. The second-order valence-electron chi connectivity index (χ2n) is 7.57. The Morgan fingerprint density at radius 2 is 1.73 bits per heavy atom. The summed E-state index contributed by atoms with van der Waals surface area (Å²) in [5.74, 6) is -0.339. The smallest absolute Gasteiger partial charge is 0.243 e. The molecule has 0 saturated carbocycles. The van der Waals surface area contributed by atoms with Crippen molar-refractivity contribution in [2.45, 2.75) is 25.9 Å². The second-order valence-corrected chi connectivity index (χ2v) is 9.78. The van der Waals surface area contributed by atoms with Gasteiger partial charge in [-0.2, -0.15) is 4.31 Å². The molecule has 7 nitrogen and oxygen atoms in total. The molecule has 1 amide bonds. The van der Waals surface area contributed by atoms with Crippen molar-refractivity contribution in [3.05, 3.63) is 59.7 Å². The van der Waals surface area contributed by atoms with Crippen LogP contribution in [-0.2, 0) is 32.5 Å². The number of nitrogens with one attached hydrogen (secondary N) is 1. The van der Waals surface area contributed by atoms with Gasteiger partial charge in [-0.1, -0.05) is 24.3 Å². The summed E-state index contributed by atoms with van der Waals surface area (Å²) in [6.07, 6.45) is 0.368. The molecule has 2 aliphatic rings. The number of carbonyl (C=O) groups is 1. The maximum Gasteiger partial charge on any atom is 0.243 e. The Morgan fingerprint density at radius 3 is 2.40 bits per heavy atom. The fourth-order valence-electron chi connectivity index (χ4n) is 3.98. The Labute approximate surface area is 177 Å². The Bertz CT molecular complexity index is 1000. The number of ether oxygens (including phenoxy) is 1. The highest BCUT2D eigenvalue weighted by atomic mass is 32.2. The molecule has 0 radical (unpaired) electrons. The lowest BCUT2D eigenvalue weighted by atomic mass is 9.95. The van der Waals surface area contributed by atoms with Crippen LogP contribution in [-0.4, -0.2) is 56.7 Å². The van der Waals surface area contributed by atoms with E-state index in [0.29, 0.717) is 25.3 Å². The molecule has 2 aromatic rings. The quantitative estimate of drug-likeness (QED) is 0.789. The predicted octanol–water partition coefficient (Wildman–Crippen LogP) is 2.24. The van der Waals surface area contributed by atoms with Crippen LogP contribution in [0.25, 0.3) is 0 Å². The van der Waals surface area contributed by atoms with Crippen LogP contribution in [0.1, 0.15) is 18.1 Å². The fourth-order valence-corrected chi connectivity index (χ4v) is 5.21. The first-order valence-electron chi connectivity index (χ1n) is 10.3. The van der Waals surface area contributed by atoms with Crippen molar-refractivity contribution in [3.63, 3.8) is 0 Å². The maximum atomic E-state index is 13.1. The van der Waals surface area contributed by atoms with E-state index in [0.717, 1.165) is 29.9 Å². The van der Waals surface area contributed by atoms with Gasteiger partial charge in [0.25, 0.3) is 0 Å². The van der Waals surface area contributed by atoms with Gasteiger partial charge in [-0.25, -0.2) is 8.42 Å². The van der Waals surface area contributed by atoms with Crippen LogP contribution in [0.4, 0.5) is 11.4 Å². The first-order valence-corrected chi connectivity index (χ1v) is 11.9. The molecule has 1 N–H and O–H groups in total. The van der Waals surface area contributed by atoms with Crippen LogP contribution >= 0.6 is 0 Å². The third kappa shape index (κ3) is 4.35. The summed E-state index contributed by atoms with van der Waals surface area (Å²) in [5.41, 5.74) is 3.71. The number of benzene rings is 2. The van der Waals surface area contributed by atoms with Crippen LogP contribution in [0, 0.1) is 0 Å². The number of sulfonamides is 1. The summed E-state index contributed by atoms with van der Waals surface area (Å²) >= 11 is 0. The van der Waals surface area contributed by atoms with E-state index in [2.05, 4.69) is 10.2 Å². The van der Waals surface area contributed by atoms with Crippen LogP contribution in [0.3, 0.4) is 0 Å². The number of fused-ring (bicyclic) bond motifs is 1. The molecular formula is C22H27N3O4S. The Kier molecular flexibility index (Phi) is 6.08. The molecule has 8 heteroatoms. The van der Waals surface area contributed by atoms with Gasteiger partial charge in [0.1, 0.15) is 6.04 Å². The standard InChI is InChI=1S/C22H27N3O4S/c1-2-30(27,28)25-16-18-6-4-3-5-17(18)15-21(25)22(26)23-19-7-9-20(10-8-19)24-11-13-29-14-12-24/h3-10,21H,2,11-16H2,1H3,(H,23,26)/t21-/m1/s1. The predicted molar refractivity (Wildman–Crippen MR) is 117 cm³/mol. The zero-order valence-electron chi connectivity index (χ0n) is 17.1. The molecule has 30 heavy (non-hydrogen) atoms. The van der Waals surface area contributed by atoms with Gasteiger partial charge < -0.3 is 15.0 Å². The fraction of sp³-hybridized carbons (Fsp3) is 0.409. The largest absolute Gasteiger partial charge is 0.378 e. The normalized spacial score (nSPS) is 19.9. The lowest BCUT2D eigenvalue weighted by Gasteiger charge is -2.34. The molecule has 0 bridgehead atoms. The van der Waals surface area contributed by atoms with Crippen molar-refractivity contribution in [3.8, 4) is 0 Å². The zero-order chi connectivity index (χ0) is 21.1.